The summed E-state index contributed by atoms with van der Waals surface area (Å²) in [6.45, 7) is 4.26. The maximum Gasteiger partial charge on any atom is 0.258 e. The molecular weight excluding hydrogens is 344 g/mol. The molecule has 0 saturated carbocycles. The van der Waals surface area contributed by atoms with Crippen LogP contribution >= 0.6 is 0 Å². The minimum Gasteiger partial charge on any atom is -0.490 e. The maximum atomic E-state index is 12.8. The summed E-state index contributed by atoms with van der Waals surface area (Å²) in [4.78, 5) is 32.4. The molecule has 7 heteroatoms. The second kappa shape index (κ2) is 9.32. The number of amides is 1. The van der Waals surface area contributed by atoms with E-state index in [1.54, 1.807) is 24.7 Å². The van der Waals surface area contributed by atoms with E-state index in [9.17, 15) is 9.59 Å². The van der Waals surface area contributed by atoms with Gasteiger partial charge in [0.25, 0.3) is 5.91 Å². The van der Waals surface area contributed by atoms with Gasteiger partial charge in [0.15, 0.2) is 5.78 Å². The van der Waals surface area contributed by atoms with Gasteiger partial charge in [-0.3, -0.25) is 14.6 Å². The summed E-state index contributed by atoms with van der Waals surface area (Å²) < 4.78 is 5.76. The van der Waals surface area contributed by atoms with E-state index in [1.165, 1.54) is 0 Å². The molecule has 1 aliphatic rings. The predicted octanol–water partition coefficient (Wildman–Crippen LogP) is 2.95. The van der Waals surface area contributed by atoms with Crippen LogP contribution in [0.3, 0.4) is 0 Å². The van der Waals surface area contributed by atoms with Gasteiger partial charge >= 0.3 is 0 Å². The first-order valence-electron chi connectivity index (χ1n) is 9.53. The van der Waals surface area contributed by atoms with Crippen LogP contribution in [0, 0.1) is 0 Å². The molecule has 0 aromatic carbocycles. The third-order valence-corrected chi connectivity index (χ3v) is 4.56. The molecule has 0 atom stereocenters. The van der Waals surface area contributed by atoms with Crippen molar-refractivity contribution in [3.8, 4) is 5.75 Å². The highest BCUT2D eigenvalue weighted by atomic mass is 16.5. The zero-order valence-corrected chi connectivity index (χ0v) is 15.6. The van der Waals surface area contributed by atoms with E-state index in [-0.39, 0.29) is 11.7 Å². The molecule has 144 valence electrons. The number of rotatable bonds is 8. The van der Waals surface area contributed by atoms with Crippen molar-refractivity contribution in [3.63, 3.8) is 0 Å². The van der Waals surface area contributed by atoms with Crippen molar-refractivity contribution in [1.82, 2.24) is 15.3 Å². The normalized spacial score (nSPS) is 13.7. The Kier molecular flexibility index (Phi) is 6.59. The maximum absolute atomic E-state index is 12.8. The number of ether oxygens (including phenoxy) is 1. The number of aromatic amines is 1. The minimum atomic E-state index is -0.329. The second-order valence-corrected chi connectivity index (χ2v) is 6.61. The molecule has 0 spiro atoms. The van der Waals surface area contributed by atoms with Crippen LogP contribution in [0.2, 0.25) is 0 Å². The third kappa shape index (κ3) is 4.74. The standard InChI is InChI=1S/C20H26N4O3/c1-2-8-21-10-11-27-18-7-9-22-13-16(18)24-20(26)14-12-23-15-5-3-4-6-17(25)19(14)15/h7,9,12-13,21,23H,2-6,8,10-11H2,1H3,(H,24,26). The van der Waals surface area contributed by atoms with Crippen molar-refractivity contribution in [2.45, 2.75) is 39.0 Å². The average Bonchev–Trinajstić information content (AvgIpc) is 3.02. The Bertz CT molecular complexity index is 800. The number of carbonyl (C=O) groups excluding carboxylic acids is 2. The van der Waals surface area contributed by atoms with Crippen molar-refractivity contribution in [3.05, 3.63) is 41.5 Å². The highest BCUT2D eigenvalue weighted by Crippen LogP contribution is 2.26. The van der Waals surface area contributed by atoms with Crippen LogP contribution in [-0.2, 0) is 6.42 Å². The topological polar surface area (TPSA) is 96.1 Å². The lowest BCUT2D eigenvalue weighted by atomic mass is 10.0. The lowest BCUT2D eigenvalue weighted by molar-refractivity contribution is 0.0965. The number of hydrogen-bond acceptors (Lipinski definition) is 5. The first kappa shape index (κ1) is 19.1. The molecule has 2 heterocycles. The van der Waals surface area contributed by atoms with Crippen molar-refractivity contribution in [2.24, 2.45) is 0 Å². The van der Waals surface area contributed by atoms with Crippen LogP contribution < -0.4 is 15.4 Å². The number of nitrogens with zero attached hydrogens (tertiary/aromatic N) is 1. The summed E-state index contributed by atoms with van der Waals surface area (Å²) in [7, 11) is 0. The van der Waals surface area contributed by atoms with E-state index < -0.39 is 0 Å². The van der Waals surface area contributed by atoms with Gasteiger partial charge in [0.05, 0.1) is 17.3 Å². The molecule has 1 aliphatic carbocycles. The monoisotopic (exact) mass is 370 g/mol. The number of fused-ring (bicyclic) bond motifs is 1. The fraction of sp³-hybridized carbons (Fsp3) is 0.450. The van der Waals surface area contributed by atoms with E-state index >= 15 is 0 Å². The number of pyridine rings is 1. The van der Waals surface area contributed by atoms with Crippen molar-refractivity contribution < 1.29 is 14.3 Å². The molecule has 0 aliphatic heterocycles. The number of Topliss-reactive ketones (excluding diaryl/α,β-unsaturated/α-hetero) is 1. The Hall–Kier alpha value is -2.67. The number of aryl methyl sites for hydroxylation is 1. The zero-order chi connectivity index (χ0) is 19.1. The number of hydrogen-bond donors (Lipinski definition) is 3. The molecule has 0 radical (unpaired) electrons. The lowest BCUT2D eigenvalue weighted by Crippen LogP contribution is -2.22. The molecule has 1 amide bonds. The smallest absolute Gasteiger partial charge is 0.258 e. The van der Waals surface area contributed by atoms with Gasteiger partial charge in [-0.2, -0.15) is 0 Å². The van der Waals surface area contributed by atoms with E-state index in [4.69, 9.17) is 4.74 Å². The van der Waals surface area contributed by atoms with Crippen LogP contribution in [0.1, 0.15) is 59.0 Å². The predicted molar refractivity (Wildman–Crippen MR) is 104 cm³/mol. The summed E-state index contributed by atoms with van der Waals surface area (Å²) in [5, 5.41) is 6.10. The van der Waals surface area contributed by atoms with Gasteiger partial charge in [-0.1, -0.05) is 6.92 Å². The molecule has 2 aromatic rings. The van der Waals surface area contributed by atoms with Crippen LogP contribution in [0.15, 0.2) is 24.7 Å². The second-order valence-electron chi connectivity index (χ2n) is 6.61. The number of anilines is 1. The minimum absolute atomic E-state index is 0.0264. The third-order valence-electron chi connectivity index (χ3n) is 4.56. The molecule has 27 heavy (non-hydrogen) atoms. The first-order valence-corrected chi connectivity index (χ1v) is 9.53. The molecule has 2 aromatic heterocycles. The van der Waals surface area contributed by atoms with Crippen molar-refractivity contribution >= 4 is 17.4 Å². The quantitative estimate of drug-likeness (QED) is 0.490. The van der Waals surface area contributed by atoms with Crippen LogP contribution in [0.5, 0.6) is 5.75 Å². The van der Waals surface area contributed by atoms with Gasteiger partial charge in [0.2, 0.25) is 0 Å². The Balaban J connectivity index is 1.70. The fourth-order valence-electron chi connectivity index (χ4n) is 3.20. The summed E-state index contributed by atoms with van der Waals surface area (Å²) in [6.07, 6.45) is 8.95. The molecule has 0 saturated heterocycles. The van der Waals surface area contributed by atoms with E-state index in [0.717, 1.165) is 44.5 Å². The van der Waals surface area contributed by atoms with Crippen molar-refractivity contribution in [2.75, 3.05) is 25.0 Å². The van der Waals surface area contributed by atoms with Gasteiger partial charge in [-0.25, -0.2) is 0 Å². The molecule has 7 nitrogen and oxygen atoms in total. The molecule has 0 bridgehead atoms. The van der Waals surface area contributed by atoms with Crippen LogP contribution in [-0.4, -0.2) is 41.4 Å². The zero-order valence-electron chi connectivity index (χ0n) is 15.6. The summed E-state index contributed by atoms with van der Waals surface area (Å²) in [5.41, 5.74) is 2.26. The number of H-pyrrole nitrogens is 1. The highest BCUT2D eigenvalue weighted by molar-refractivity contribution is 6.13. The number of nitrogens with one attached hydrogen (secondary N) is 3. The summed E-state index contributed by atoms with van der Waals surface area (Å²) >= 11 is 0. The van der Waals surface area contributed by atoms with Gasteiger partial charge in [-0.15, -0.1) is 0 Å². The molecule has 0 unspecified atom stereocenters. The average molecular weight is 370 g/mol. The van der Waals surface area contributed by atoms with Gasteiger partial charge in [0, 0.05) is 37.1 Å². The molecule has 0 fully saturated rings. The highest BCUT2D eigenvalue weighted by Gasteiger charge is 2.25. The van der Waals surface area contributed by atoms with E-state index in [2.05, 4.69) is 27.5 Å². The Morgan fingerprint density at radius 2 is 2.15 bits per heavy atom. The Morgan fingerprint density at radius 1 is 1.30 bits per heavy atom. The summed E-state index contributed by atoms with van der Waals surface area (Å²) in [5.74, 6) is 0.257. The number of aromatic nitrogens is 2. The van der Waals surface area contributed by atoms with Crippen LogP contribution in [0.25, 0.3) is 0 Å². The molecular formula is C20H26N4O3. The number of carbonyl (C=O) groups is 2. The first-order chi connectivity index (χ1) is 13.2. The van der Waals surface area contributed by atoms with Gasteiger partial charge in [-0.05, 0) is 32.2 Å². The lowest BCUT2D eigenvalue weighted by Gasteiger charge is -2.12. The van der Waals surface area contributed by atoms with Gasteiger partial charge < -0.3 is 20.4 Å². The Morgan fingerprint density at radius 3 is 3.00 bits per heavy atom. The molecule has 3 rings (SSSR count). The van der Waals surface area contributed by atoms with E-state index in [0.29, 0.717) is 35.6 Å². The Labute approximate surface area is 158 Å². The molecule has 3 N–H and O–H groups in total. The van der Waals surface area contributed by atoms with Gasteiger partial charge in [0.1, 0.15) is 18.0 Å². The van der Waals surface area contributed by atoms with Crippen molar-refractivity contribution in [1.29, 1.82) is 0 Å². The van der Waals surface area contributed by atoms with E-state index in [1.807, 2.05) is 0 Å². The summed E-state index contributed by atoms with van der Waals surface area (Å²) in [6, 6.07) is 1.72. The fourth-order valence-corrected chi connectivity index (χ4v) is 3.20. The number of ketones is 1. The SMILES string of the molecule is CCCNCCOc1ccncc1NC(=O)c1c[nH]c2c1C(=O)CCCC2. The largest absolute Gasteiger partial charge is 0.490 e. The van der Waals surface area contributed by atoms with Crippen LogP contribution in [0.4, 0.5) is 5.69 Å².